The molecular weight excluding hydrogens is 206 g/mol. The van der Waals surface area contributed by atoms with Crippen LogP contribution in [0.25, 0.3) is 0 Å². The van der Waals surface area contributed by atoms with Crippen molar-refractivity contribution in [3.05, 3.63) is 48.0 Å². The Morgan fingerprint density at radius 1 is 1.24 bits per heavy atom. The summed E-state index contributed by atoms with van der Waals surface area (Å²) in [6, 6.07) is 12.1. The zero-order chi connectivity index (χ0) is 12.1. The van der Waals surface area contributed by atoms with Crippen molar-refractivity contribution in [1.29, 1.82) is 0 Å². The van der Waals surface area contributed by atoms with Crippen LogP contribution >= 0.6 is 0 Å². The number of benzene rings is 1. The van der Waals surface area contributed by atoms with E-state index in [4.69, 9.17) is 0 Å². The number of nitrogens with zero attached hydrogens (tertiary/aromatic N) is 1. The van der Waals surface area contributed by atoms with Gasteiger partial charge in [-0.15, -0.1) is 0 Å². The molecule has 1 aliphatic heterocycles. The van der Waals surface area contributed by atoms with Gasteiger partial charge in [0.2, 0.25) is 0 Å². The Balaban J connectivity index is 2.08. The first-order chi connectivity index (χ1) is 8.31. The Labute approximate surface area is 105 Å². The van der Waals surface area contributed by atoms with Crippen molar-refractivity contribution >= 4 is 0 Å². The molecule has 0 radical (unpaired) electrons. The molecule has 0 aromatic heterocycles. The molecular formula is C16H23N. The van der Waals surface area contributed by atoms with Crippen LogP contribution < -0.4 is 0 Å². The third-order valence-electron chi connectivity index (χ3n) is 3.62. The molecule has 0 saturated carbocycles. The fourth-order valence-corrected chi connectivity index (χ4v) is 2.63. The van der Waals surface area contributed by atoms with E-state index in [1.807, 2.05) is 0 Å². The third kappa shape index (κ3) is 3.19. The van der Waals surface area contributed by atoms with Crippen molar-refractivity contribution in [3.63, 3.8) is 0 Å². The van der Waals surface area contributed by atoms with Gasteiger partial charge in [0.15, 0.2) is 0 Å². The van der Waals surface area contributed by atoms with Crippen molar-refractivity contribution in [2.45, 2.75) is 51.7 Å². The lowest BCUT2D eigenvalue weighted by Crippen LogP contribution is -2.42. The fourth-order valence-electron chi connectivity index (χ4n) is 2.63. The van der Waals surface area contributed by atoms with E-state index in [-0.39, 0.29) is 0 Å². The van der Waals surface area contributed by atoms with Crippen LogP contribution in [-0.4, -0.2) is 17.0 Å². The van der Waals surface area contributed by atoms with Gasteiger partial charge in [-0.1, -0.05) is 55.8 Å². The van der Waals surface area contributed by atoms with Crippen molar-refractivity contribution in [2.75, 3.05) is 0 Å². The van der Waals surface area contributed by atoms with Crippen LogP contribution in [-0.2, 0) is 6.54 Å². The van der Waals surface area contributed by atoms with E-state index in [1.54, 1.807) is 0 Å². The maximum atomic E-state index is 2.64. The molecule has 0 aliphatic carbocycles. The van der Waals surface area contributed by atoms with E-state index in [1.165, 1.54) is 24.8 Å². The van der Waals surface area contributed by atoms with Gasteiger partial charge in [0.1, 0.15) is 0 Å². The van der Waals surface area contributed by atoms with E-state index in [9.17, 15) is 0 Å². The van der Waals surface area contributed by atoms with Gasteiger partial charge in [-0.3, -0.25) is 4.90 Å². The Bertz CT molecular complexity index is 355. The predicted octanol–water partition coefficient (Wildman–Crippen LogP) is 4.01. The minimum atomic E-state index is 0.629. The molecule has 1 aliphatic rings. The van der Waals surface area contributed by atoms with Crippen LogP contribution in [0.15, 0.2) is 42.5 Å². The standard InChI is InChI=1S/C16H23N/c1-3-8-16-12-7-9-14(2)17(16)13-15-10-5-4-6-11-15/h4-7,10-12,14,16H,3,8-9,13H2,1-2H3/t14-,16-/m0/s1. The summed E-state index contributed by atoms with van der Waals surface area (Å²) >= 11 is 0. The molecule has 1 aromatic rings. The summed E-state index contributed by atoms with van der Waals surface area (Å²) in [7, 11) is 0. The van der Waals surface area contributed by atoms with Crippen molar-refractivity contribution < 1.29 is 0 Å². The molecule has 0 bridgehead atoms. The maximum absolute atomic E-state index is 2.64. The molecule has 0 fully saturated rings. The largest absolute Gasteiger partial charge is 0.290 e. The van der Waals surface area contributed by atoms with Crippen LogP contribution in [0.4, 0.5) is 0 Å². The Kier molecular flexibility index (Phi) is 4.38. The zero-order valence-corrected chi connectivity index (χ0v) is 11.0. The van der Waals surface area contributed by atoms with Gasteiger partial charge in [0, 0.05) is 18.6 Å². The van der Waals surface area contributed by atoms with Crippen LogP contribution in [0.5, 0.6) is 0 Å². The van der Waals surface area contributed by atoms with Crippen molar-refractivity contribution in [1.82, 2.24) is 4.90 Å². The SMILES string of the molecule is CCC[C@H]1C=CC[C@H](C)N1Cc1ccccc1. The first kappa shape index (κ1) is 12.4. The van der Waals surface area contributed by atoms with E-state index >= 15 is 0 Å². The molecule has 0 amide bonds. The van der Waals surface area contributed by atoms with Crippen LogP contribution in [0.3, 0.4) is 0 Å². The van der Waals surface area contributed by atoms with Crippen LogP contribution in [0.2, 0.25) is 0 Å². The summed E-state index contributed by atoms with van der Waals surface area (Å²) in [4.78, 5) is 2.64. The number of hydrogen-bond donors (Lipinski definition) is 0. The third-order valence-corrected chi connectivity index (χ3v) is 3.62. The summed E-state index contributed by atoms with van der Waals surface area (Å²) in [5.74, 6) is 0. The highest BCUT2D eigenvalue weighted by Crippen LogP contribution is 2.22. The minimum absolute atomic E-state index is 0.629. The summed E-state index contributed by atoms with van der Waals surface area (Å²) in [5.41, 5.74) is 1.43. The lowest BCUT2D eigenvalue weighted by molar-refractivity contribution is 0.145. The van der Waals surface area contributed by atoms with E-state index < -0.39 is 0 Å². The number of hydrogen-bond acceptors (Lipinski definition) is 1. The minimum Gasteiger partial charge on any atom is -0.290 e. The topological polar surface area (TPSA) is 3.24 Å². The highest BCUT2D eigenvalue weighted by Gasteiger charge is 2.23. The highest BCUT2D eigenvalue weighted by atomic mass is 15.2. The van der Waals surface area contributed by atoms with Gasteiger partial charge in [-0.05, 0) is 25.3 Å². The molecule has 17 heavy (non-hydrogen) atoms. The van der Waals surface area contributed by atoms with Gasteiger partial charge >= 0.3 is 0 Å². The summed E-state index contributed by atoms with van der Waals surface area (Å²) < 4.78 is 0. The molecule has 2 atom stereocenters. The molecule has 1 heterocycles. The van der Waals surface area contributed by atoms with Crippen LogP contribution in [0, 0.1) is 0 Å². The van der Waals surface area contributed by atoms with Gasteiger partial charge < -0.3 is 0 Å². The van der Waals surface area contributed by atoms with E-state index in [2.05, 4.69) is 61.2 Å². The van der Waals surface area contributed by atoms with Gasteiger partial charge in [0.05, 0.1) is 0 Å². The quantitative estimate of drug-likeness (QED) is 0.705. The summed E-state index contributed by atoms with van der Waals surface area (Å²) in [6.07, 6.45) is 8.46. The average molecular weight is 229 g/mol. The molecule has 1 aromatic carbocycles. The predicted molar refractivity (Wildman–Crippen MR) is 73.9 cm³/mol. The average Bonchev–Trinajstić information content (AvgIpc) is 2.35. The molecule has 0 saturated heterocycles. The molecule has 1 nitrogen and oxygen atoms in total. The Hall–Kier alpha value is -1.08. The van der Waals surface area contributed by atoms with Gasteiger partial charge in [-0.2, -0.15) is 0 Å². The second kappa shape index (κ2) is 6.02. The molecule has 0 spiro atoms. The highest BCUT2D eigenvalue weighted by molar-refractivity contribution is 5.16. The number of rotatable bonds is 4. The Morgan fingerprint density at radius 2 is 2.00 bits per heavy atom. The first-order valence-corrected chi connectivity index (χ1v) is 6.77. The summed E-state index contributed by atoms with van der Waals surface area (Å²) in [5, 5.41) is 0. The zero-order valence-electron chi connectivity index (χ0n) is 11.0. The van der Waals surface area contributed by atoms with Gasteiger partial charge in [-0.25, -0.2) is 0 Å². The fraction of sp³-hybridized carbons (Fsp3) is 0.500. The second-order valence-electron chi connectivity index (χ2n) is 5.03. The smallest absolute Gasteiger partial charge is 0.0284 e. The van der Waals surface area contributed by atoms with Crippen molar-refractivity contribution in [3.8, 4) is 0 Å². The summed E-state index contributed by atoms with van der Waals surface area (Å²) in [6.45, 7) is 5.69. The van der Waals surface area contributed by atoms with Crippen LogP contribution in [0.1, 0.15) is 38.7 Å². The Morgan fingerprint density at radius 3 is 2.71 bits per heavy atom. The lowest BCUT2D eigenvalue weighted by atomic mass is 9.99. The monoisotopic (exact) mass is 229 g/mol. The second-order valence-corrected chi connectivity index (χ2v) is 5.03. The van der Waals surface area contributed by atoms with Gasteiger partial charge in [0.25, 0.3) is 0 Å². The lowest BCUT2D eigenvalue weighted by Gasteiger charge is -2.37. The van der Waals surface area contributed by atoms with E-state index in [0.717, 1.165) is 6.54 Å². The molecule has 92 valence electrons. The first-order valence-electron chi connectivity index (χ1n) is 6.77. The molecule has 0 N–H and O–H groups in total. The molecule has 0 unspecified atom stereocenters. The van der Waals surface area contributed by atoms with Crippen molar-refractivity contribution in [2.24, 2.45) is 0 Å². The maximum Gasteiger partial charge on any atom is 0.0284 e. The normalized spacial score (nSPS) is 25.1. The molecule has 1 heteroatoms. The molecule has 2 rings (SSSR count). The van der Waals surface area contributed by atoms with E-state index in [0.29, 0.717) is 12.1 Å².